The van der Waals surface area contributed by atoms with Gasteiger partial charge in [0.2, 0.25) is 0 Å². The lowest BCUT2D eigenvalue weighted by atomic mass is 9.80. The van der Waals surface area contributed by atoms with E-state index in [2.05, 4.69) is 9.72 Å². The van der Waals surface area contributed by atoms with Crippen molar-refractivity contribution in [3.05, 3.63) is 18.5 Å². The maximum Gasteiger partial charge on any atom is 0.496 e. The molecule has 0 aromatic carbocycles. The van der Waals surface area contributed by atoms with Crippen molar-refractivity contribution < 1.29 is 22.8 Å². The Morgan fingerprint density at radius 1 is 1.47 bits per heavy atom. The molecule has 0 atom stereocenters. The molecule has 7 heteroatoms. The van der Waals surface area contributed by atoms with Crippen LogP contribution in [0.25, 0.3) is 0 Å². The third-order valence-corrected chi connectivity index (χ3v) is 2.24. The van der Waals surface area contributed by atoms with Crippen LogP contribution in [0.3, 0.4) is 0 Å². The van der Waals surface area contributed by atoms with E-state index in [1.165, 1.54) is 18.5 Å². The SMILES string of the molecule is CC1(C)COB(c2cncc(OC(F)F)c2)O1. The highest BCUT2D eigenvalue weighted by molar-refractivity contribution is 6.61. The van der Waals surface area contributed by atoms with Crippen LogP contribution < -0.4 is 10.2 Å². The van der Waals surface area contributed by atoms with Crippen LogP contribution in [0.2, 0.25) is 0 Å². The summed E-state index contributed by atoms with van der Waals surface area (Å²) >= 11 is 0. The van der Waals surface area contributed by atoms with Crippen LogP contribution in [0.1, 0.15) is 13.8 Å². The van der Waals surface area contributed by atoms with Crippen LogP contribution in [0.5, 0.6) is 5.75 Å². The first-order chi connectivity index (χ1) is 7.96. The molecule has 0 saturated carbocycles. The second-order valence-electron chi connectivity index (χ2n) is 4.35. The smallest absolute Gasteiger partial charge is 0.433 e. The first-order valence-electron chi connectivity index (χ1n) is 5.15. The summed E-state index contributed by atoms with van der Waals surface area (Å²) in [6.45, 7) is 1.35. The van der Waals surface area contributed by atoms with E-state index in [9.17, 15) is 8.78 Å². The Kier molecular flexibility index (Phi) is 3.30. The zero-order valence-corrected chi connectivity index (χ0v) is 9.52. The van der Waals surface area contributed by atoms with E-state index in [-0.39, 0.29) is 11.4 Å². The summed E-state index contributed by atoms with van der Waals surface area (Å²) in [6, 6.07) is 1.44. The number of nitrogens with zero attached hydrogens (tertiary/aromatic N) is 1. The van der Waals surface area contributed by atoms with E-state index in [4.69, 9.17) is 9.31 Å². The van der Waals surface area contributed by atoms with Crippen LogP contribution in [0.4, 0.5) is 8.78 Å². The summed E-state index contributed by atoms with van der Waals surface area (Å²) in [5.41, 5.74) is 0.179. The molecule has 0 aliphatic carbocycles. The lowest BCUT2D eigenvalue weighted by Gasteiger charge is -2.15. The third-order valence-electron chi connectivity index (χ3n) is 2.24. The normalized spacial score (nSPS) is 18.8. The average Bonchev–Trinajstić information content (AvgIpc) is 2.58. The van der Waals surface area contributed by atoms with Gasteiger partial charge in [0.05, 0.1) is 18.4 Å². The van der Waals surface area contributed by atoms with Crippen molar-refractivity contribution in [2.75, 3.05) is 6.61 Å². The molecular formula is C10H12BF2NO3. The fraction of sp³-hybridized carbons (Fsp3) is 0.500. The standard InChI is InChI=1S/C10H12BF2NO3/c1-10(2)6-15-11(17-10)7-3-8(5-14-4-7)16-9(12)13/h3-5,9H,6H2,1-2H3. The quantitative estimate of drug-likeness (QED) is 0.748. The number of halogens is 2. The summed E-state index contributed by atoms with van der Waals surface area (Å²) in [6.07, 6.45) is 2.72. The predicted octanol–water partition coefficient (Wildman–Crippen LogP) is 1.20. The molecule has 17 heavy (non-hydrogen) atoms. The molecule has 0 N–H and O–H groups in total. The second-order valence-corrected chi connectivity index (χ2v) is 4.35. The van der Waals surface area contributed by atoms with Gasteiger partial charge < -0.3 is 14.0 Å². The summed E-state index contributed by atoms with van der Waals surface area (Å²) in [5.74, 6) is -0.00518. The lowest BCUT2D eigenvalue weighted by molar-refractivity contribution is -0.0500. The number of hydrogen-bond donors (Lipinski definition) is 0. The Bertz CT molecular complexity index is 403. The topological polar surface area (TPSA) is 40.6 Å². The number of hydrogen-bond acceptors (Lipinski definition) is 4. The monoisotopic (exact) mass is 243 g/mol. The van der Waals surface area contributed by atoms with Crippen LogP contribution in [0, 0.1) is 0 Å². The average molecular weight is 243 g/mol. The van der Waals surface area contributed by atoms with Crippen molar-refractivity contribution >= 4 is 12.6 Å². The minimum absolute atomic E-state index is 0.00518. The van der Waals surface area contributed by atoms with Crippen molar-refractivity contribution in [3.63, 3.8) is 0 Å². The molecule has 1 aliphatic rings. The van der Waals surface area contributed by atoms with Crippen LogP contribution in [-0.4, -0.2) is 30.9 Å². The van der Waals surface area contributed by atoms with E-state index >= 15 is 0 Å². The van der Waals surface area contributed by atoms with Crippen LogP contribution in [-0.2, 0) is 9.31 Å². The molecule has 2 heterocycles. The van der Waals surface area contributed by atoms with Crippen LogP contribution >= 0.6 is 0 Å². The fourth-order valence-electron chi connectivity index (χ4n) is 1.53. The van der Waals surface area contributed by atoms with Gasteiger partial charge in [-0.05, 0) is 19.9 Å². The maximum atomic E-state index is 12.0. The molecule has 0 amide bonds. The number of pyridine rings is 1. The summed E-state index contributed by atoms with van der Waals surface area (Å²) in [5, 5.41) is 0. The Hall–Kier alpha value is -1.21. The van der Waals surface area contributed by atoms with Gasteiger partial charge in [0.15, 0.2) is 0 Å². The number of alkyl halides is 2. The minimum atomic E-state index is -2.87. The minimum Gasteiger partial charge on any atom is -0.433 e. The van der Waals surface area contributed by atoms with Crippen molar-refractivity contribution in [3.8, 4) is 5.75 Å². The van der Waals surface area contributed by atoms with Gasteiger partial charge in [-0.25, -0.2) is 0 Å². The molecule has 92 valence electrons. The van der Waals surface area contributed by atoms with E-state index < -0.39 is 13.7 Å². The summed E-state index contributed by atoms with van der Waals surface area (Å²) in [7, 11) is -0.585. The van der Waals surface area contributed by atoms with Crippen molar-refractivity contribution in [1.82, 2.24) is 4.98 Å². The molecule has 2 rings (SSSR count). The highest BCUT2D eigenvalue weighted by atomic mass is 19.3. The lowest BCUT2D eigenvalue weighted by Crippen LogP contribution is -2.34. The van der Waals surface area contributed by atoms with Gasteiger partial charge in [-0.1, -0.05) is 0 Å². The van der Waals surface area contributed by atoms with Crippen molar-refractivity contribution in [1.29, 1.82) is 0 Å². The molecule has 0 spiro atoms. The molecular weight excluding hydrogens is 231 g/mol. The summed E-state index contributed by atoms with van der Waals surface area (Å²) in [4.78, 5) is 3.81. The van der Waals surface area contributed by atoms with Gasteiger partial charge in [0.25, 0.3) is 0 Å². The van der Waals surface area contributed by atoms with E-state index in [1.54, 1.807) is 0 Å². The van der Waals surface area contributed by atoms with Gasteiger partial charge in [0.1, 0.15) is 5.75 Å². The molecule has 1 aromatic rings. The maximum absolute atomic E-state index is 12.0. The predicted molar refractivity (Wildman–Crippen MR) is 57.4 cm³/mol. The van der Waals surface area contributed by atoms with E-state index in [1.807, 2.05) is 13.8 Å². The largest absolute Gasteiger partial charge is 0.496 e. The Morgan fingerprint density at radius 2 is 2.24 bits per heavy atom. The molecule has 1 saturated heterocycles. The molecule has 1 aromatic heterocycles. The zero-order valence-electron chi connectivity index (χ0n) is 9.52. The van der Waals surface area contributed by atoms with Gasteiger partial charge in [-0.3, -0.25) is 4.98 Å². The van der Waals surface area contributed by atoms with Gasteiger partial charge in [-0.15, -0.1) is 0 Å². The second kappa shape index (κ2) is 4.58. The molecule has 0 bridgehead atoms. The third kappa shape index (κ3) is 3.14. The first kappa shape index (κ1) is 12.3. The molecule has 0 unspecified atom stereocenters. The zero-order chi connectivity index (χ0) is 12.5. The van der Waals surface area contributed by atoms with Crippen molar-refractivity contribution in [2.45, 2.75) is 26.1 Å². The molecule has 1 fully saturated rings. The highest BCUT2D eigenvalue weighted by Gasteiger charge is 2.38. The molecule has 1 aliphatic heterocycles. The highest BCUT2D eigenvalue weighted by Crippen LogP contribution is 2.20. The van der Waals surface area contributed by atoms with Crippen LogP contribution in [0.15, 0.2) is 18.5 Å². The van der Waals surface area contributed by atoms with Gasteiger partial charge in [0, 0.05) is 11.7 Å². The number of ether oxygens (including phenoxy) is 1. The Labute approximate surface area is 98.0 Å². The molecule has 4 nitrogen and oxygen atoms in total. The number of rotatable bonds is 3. The van der Waals surface area contributed by atoms with E-state index in [0.29, 0.717) is 12.1 Å². The Morgan fingerprint density at radius 3 is 2.82 bits per heavy atom. The first-order valence-corrected chi connectivity index (χ1v) is 5.15. The fourth-order valence-corrected chi connectivity index (χ4v) is 1.53. The van der Waals surface area contributed by atoms with Gasteiger partial charge in [-0.2, -0.15) is 8.78 Å². The summed E-state index contributed by atoms with van der Waals surface area (Å²) < 4.78 is 39.3. The molecule has 0 radical (unpaired) electrons. The van der Waals surface area contributed by atoms with E-state index in [0.717, 1.165) is 0 Å². The Balaban J connectivity index is 2.11. The van der Waals surface area contributed by atoms with Gasteiger partial charge >= 0.3 is 13.7 Å². The van der Waals surface area contributed by atoms with Crippen molar-refractivity contribution in [2.24, 2.45) is 0 Å². The number of aromatic nitrogens is 1.